The van der Waals surface area contributed by atoms with Gasteiger partial charge in [-0.2, -0.15) is 5.26 Å². The van der Waals surface area contributed by atoms with E-state index in [-0.39, 0.29) is 5.88 Å². The minimum Gasteiger partial charge on any atom is -0.493 e. The molecule has 5 nitrogen and oxygen atoms in total. The molecule has 0 N–H and O–H groups in total. The fourth-order valence-electron chi connectivity index (χ4n) is 4.10. The first-order valence-electron chi connectivity index (χ1n) is 11.9. The molecule has 0 spiro atoms. The lowest BCUT2D eigenvalue weighted by Crippen LogP contribution is -1.99. The van der Waals surface area contributed by atoms with E-state index in [1.807, 2.05) is 103 Å². The average Bonchev–Trinajstić information content (AvgIpc) is 3.35. The molecule has 0 fully saturated rings. The first-order chi connectivity index (χ1) is 18.7. The Balaban J connectivity index is 1.50. The zero-order valence-electron chi connectivity index (χ0n) is 20.6. The number of hydrogen-bond acceptors (Lipinski definition) is 5. The Kier molecular flexibility index (Phi) is 7.67. The maximum atomic E-state index is 10.1. The van der Waals surface area contributed by atoms with Gasteiger partial charge in [0.1, 0.15) is 24.0 Å². The van der Waals surface area contributed by atoms with Crippen LogP contribution in [0.25, 0.3) is 22.5 Å². The molecule has 0 aliphatic heterocycles. The molecule has 0 bridgehead atoms. The van der Waals surface area contributed by atoms with Crippen LogP contribution in [0.1, 0.15) is 16.7 Å². The molecule has 186 valence electrons. The molecule has 1 aromatic heterocycles. The molecule has 0 radical (unpaired) electrons. The van der Waals surface area contributed by atoms with Crippen LogP contribution in [-0.4, -0.2) is 13.3 Å². The van der Waals surface area contributed by atoms with Crippen LogP contribution in [0, 0.1) is 11.3 Å². The van der Waals surface area contributed by atoms with E-state index in [0.717, 1.165) is 32.3 Å². The van der Waals surface area contributed by atoms with Crippen LogP contribution < -0.4 is 9.47 Å². The number of halogens is 1. The Labute approximate surface area is 229 Å². The molecule has 0 saturated carbocycles. The van der Waals surface area contributed by atoms with Crippen molar-refractivity contribution in [2.75, 3.05) is 7.11 Å². The molecule has 0 amide bonds. The quantitative estimate of drug-likeness (QED) is 0.177. The third kappa shape index (κ3) is 5.39. The largest absolute Gasteiger partial charge is 0.493 e. The molecule has 4 aromatic carbocycles. The molecule has 0 saturated heterocycles. The fraction of sp³-hybridized carbons (Fsp3) is 0.0625. The summed E-state index contributed by atoms with van der Waals surface area (Å²) in [6.07, 6.45) is 1.65. The highest BCUT2D eigenvalue weighted by atomic mass is 79.9. The van der Waals surface area contributed by atoms with E-state index in [2.05, 4.69) is 27.0 Å². The number of benzene rings is 4. The van der Waals surface area contributed by atoms with Crippen LogP contribution in [0.3, 0.4) is 0 Å². The minimum atomic E-state index is 0.240. The normalized spacial score (nSPS) is 10.9. The average molecular weight is 563 g/mol. The Hall–Kier alpha value is -4.60. The summed E-state index contributed by atoms with van der Waals surface area (Å²) < 4.78 is 18.6. The van der Waals surface area contributed by atoms with Gasteiger partial charge in [-0.3, -0.25) is 0 Å². The molecule has 0 atom stereocenters. The van der Waals surface area contributed by atoms with Crippen molar-refractivity contribution in [2.24, 2.45) is 4.99 Å². The summed E-state index contributed by atoms with van der Waals surface area (Å²) in [5, 5.41) is 10.1. The third-order valence-electron chi connectivity index (χ3n) is 5.91. The molecule has 0 aliphatic rings. The van der Waals surface area contributed by atoms with Gasteiger partial charge in [-0.15, -0.1) is 0 Å². The van der Waals surface area contributed by atoms with Crippen LogP contribution in [0.15, 0.2) is 117 Å². The van der Waals surface area contributed by atoms with Crippen molar-refractivity contribution in [1.82, 2.24) is 0 Å². The van der Waals surface area contributed by atoms with E-state index in [4.69, 9.17) is 13.9 Å². The molecule has 0 unspecified atom stereocenters. The first kappa shape index (κ1) is 25.1. The van der Waals surface area contributed by atoms with E-state index in [0.29, 0.717) is 29.4 Å². The van der Waals surface area contributed by atoms with Crippen molar-refractivity contribution in [3.8, 4) is 40.0 Å². The molecular weight excluding hydrogens is 540 g/mol. The maximum Gasteiger partial charge on any atom is 0.238 e. The van der Waals surface area contributed by atoms with Gasteiger partial charge in [0.05, 0.1) is 11.6 Å². The number of methoxy groups -OCH3 is 1. The van der Waals surface area contributed by atoms with Crippen molar-refractivity contribution in [3.05, 3.63) is 124 Å². The van der Waals surface area contributed by atoms with Gasteiger partial charge in [0.2, 0.25) is 5.88 Å². The summed E-state index contributed by atoms with van der Waals surface area (Å²) >= 11 is 3.60. The SMILES string of the molecule is COc1cc(C=Nc2oc(-c3ccccc3)c(-c3ccccc3)c2C#N)cc(Br)c1OCc1ccccc1. The van der Waals surface area contributed by atoms with Gasteiger partial charge in [-0.1, -0.05) is 91.0 Å². The molecular formula is C32H23BrN2O3. The second kappa shape index (κ2) is 11.6. The number of rotatable bonds is 8. The first-order valence-corrected chi connectivity index (χ1v) is 12.7. The third-order valence-corrected chi connectivity index (χ3v) is 6.50. The second-order valence-corrected chi connectivity index (χ2v) is 9.25. The van der Waals surface area contributed by atoms with Crippen LogP contribution in [0.5, 0.6) is 11.5 Å². The molecule has 38 heavy (non-hydrogen) atoms. The summed E-state index contributed by atoms with van der Waals surface area (Å²) in [7, 11) is 1.59. The van der Waals surface area contributed by atoms with Crippen LogP contribution in [-0.2, 0) is 6.61 Å². The predicted molar refractivity (Wildman–Crippen MR) is 153 cm³/mol. The standard InChI is InChI=1S/C32H23BrN2O3/c1-36-28-18-23(17-27(33)31(28)37-21-22-11-5-2-6-12-22)20-35-32-26(19-34)29(24-13-7-3-8-14-24)30(38-32)25-15-9-4-10-16-25/h2-18,20H,21H2,1H3. The van der Waals surface area contributed by atoms with Gasteiger partial charge < -0.3 is 13.9 Å². The highest BCUT2D eigenvalue weighted by Crippen LogP contribution is 2.43. The monoisotopic (exact) mass is 562 g/mol. The van der Waals surface area contributed by atoms with Crippen molar-refractivity contribution in [3.63, 3.8) is 0 Å². The zero-order chi connectivity index (χ0) is 26.3. The van der Waals surface area contributed by atoms with Crippen molar-refractivity contribution in [1.29, 1.82) is 5.26 Å². The number of aliphatic imine (C=N–C) groups is 1. The van der Waals surface area contributed by atoms with Gasteiger partial charge in [-0.25, -0.2) is 4.99 Å². The van der Waals surface area contributed by atoms with Crippen molar-refractivity contribution >= 4 is 28.0 Å². The minimum absolute atomic E-state index is 0.240. The lowest BCUT2D eigenvalue weighted by atomic mass is 9.98. The fourth-order valence-corrected chi connectivity index (χ4v) is 4.68. The predicted octanol–water partition coefficient (Wildman–Crippen LogP) is 8.59. The molecule has 5 rings (SSSR count). The topological polar surface area (TPSA) is 67.8 Å². The Morgan fingerprint density at radius 2 is 1.53 bits per heavy atom. The smallest absolute Gasteiger partial charge is 0.238 e. The summed E-state index contributed by atoms with van der Waals surface area (Å²) in [5.74, 6) is 2.00. The van der Waals surface area contributed by atoms with E-state index in [1.165, 1.54) is 0 Å². The molecule has 6 heteroatoms. The summed E-state index contributed by atoms with van der Waals surface area (Å²) in [6.45, 7) is 0.408. The zero-order valence-corrected chi connectivity index (χ0v) is 22.2. The number of ether oxygens (including phenoxy) is 2. The van der Waals surface area contributed by atoms with Gasteiger partial charge in [-0.05, 0) is 44.8 Å². The number of hydrogen-bond donors (Lipinski definition) is 0. The van der Waals surface area contributed by atoms with E-state index < -0.39 is 0 Å². The second-order valence-electron chi connectivity index (χ2n) is 8.40. The van der Waals surface area contributed by atoms with Gasteiger partial charge >= 0.3 is 0 Å². The number of nitriles is 1. The summed E-state index contributed by atoms with van der Waals surface area (Å²) in [4.78, 5) is 4.59. The molecule has 5 aromatic rings. The number of furan rings is 1. The van der Waals surface area contributed by atoms with Crippen molar-refractivity contribution in [2.45, 2.75) is 6.61 Å². The summed E-state index contributed by atoms with van der Waals surface area (Å²) in [6, 6.07) is 35.4. The van der Waals surface area contributed by atoms with Crippen LogP contribution in [0.2, 0.25) is 0 Å². The maximum absolute atomic E-state index is 10.1. The molecule has 1 heterocycles. The lowest BCUT2D eigenvalue weighted by molar-refractivity contribution is 0.282. The lowest BCUT2D eigenvalue weighted by Gasteiger charge is -2.13. The van der Waals surface area contributed by atoms with Crippen molar-refractivity contribution < 1.29 is 13.9 Å². The van der Waals surface area contributed by atoms with E-state index in [1.54, 1.807) is 13.3 Å². The van der Waals surface area contributed by atoms with Crippen LogP contribution >= 0.6 is 15.9 Å². The Morgan fingerprint density at radius 3 is 2.16 bits per heavy atom. The molecule has 0 aliphatic carbocycles. The van der Waals surface area contributed by atoms with E-state index >= 15 is 0 Å². The van der Waals surface area contributed by atoms with Crippen LogP contribution in [0.4, 0.5) is 5.88 Å². The highest BCUT2D eigenvalue weighted by molar-refractivity contribution is 9.10. The Morgan fingerprint density at radius 1 is 0.895 bits per heavy atom. The van der Waals surface area contributed by atoms with Gasteiger partial charge in [0, 0.05) is 17.3 Å². The van der Waals surface area contributed by atoms with Gasteiger partial charge in [0.15, 0.2) is 11.5 Å². The number of nitrogens with zero attached hydrogens (tertiary/aromatic N) is 2. The highest BCUT2D eigenvalue weighted by Gasteiger charge is 2.22. The van der Waals surface area contributed by atoms with Gasteiger partial charge in [0.25, 0.3) is 0 Å². The van der Waals surface area contributed by atoms with E-state index in [9.17, 15) is 5.26 Å². The Bertz CT molecular complexity index is 1610. The summed E-state index contributed by atoms with van der Waals surface area (Å²) in [5.41, 5.74) is 4.65.